The smallest absolute Gasteiger partial charge is 0.385 e. The van der Waals surface area contributed by atoms with Crippen LogP contribution in [0.2, 0.25) is 0 Å². The SMILES string of the molecule is COCCCO[C@@H](c1ccccc1C(F)(F)F)[C@@H]1CCCNC1. The molecule has 2 atom stereocenters. The number of hydrogen-bond donors (Lipinski definition) is 1. The maximum absolute atomic E-state index is 13.3. The highest BCUT2D eigenvalue weighted by atomic mass is 19.4. The van der Waals surface area contributed by atoms with E-state index in [1.807, 2.05) is 0 Å². The summed E-state index contributed by atoms with van der Waals surface area (Å²) < 4.78 is 50.8. The Kier molecular flexibility index (Phi) is 6.87. The van der Waals surface area contributed by atoms with Crippen LogP contribution in [0.5, 0.6) is 0 Å². The fourth-order valence-electron chi connectivity index (χ4n) is 3.03. The molecule has 0 unspecified atom stereocenters. The van der Waals surface area contributed by atoms with Gasteiger partial charge in [-0.15, -0.1) is 0 Å². The number of alkyl halides is 3. The predicted octanol–water partition coefficient (Wildman–Crippen LogP) is 3.80. The molecule has 1 N–H and O–H groups in total. The molecule has 23 heavy (non-hydrogen) atoms. The van der Waals surface area contributed by atoms with Gasteiger partial charge in [-0.05, 0) is 37.4 Å². The topological polar surface area (TPSA) is 30.5 Å². The number of benzene rings is 1. The number of halogens is 3. The van der Waals surface area contributed by atoms with Crippen LogP contribution in [0.25, 0.3) is 0 Å². The van der Waals surface area contributed by atoms with Gasteiger partial charge in [0.1, 0.15) is 0 Å². The van der Waals surface area contributed by atoms with Crippen LogP contribution in [0.4, 0.5) is 13.2 Å². The number of methoxy groups -OCH3 is 1. The standard InChI is InChI=1S/C17H24F3NO2/c1-22-10-5-11-23-16(13-6-4-9-21-12-13)14-7-2-3-8-15(14)17(18,19)20/h2-3,7-8,13,16,21H,4-6,9-12H2,1H3/t13-,16-/m1/s1. The van der Waals surface area contributed by atoms with Gasteiger partial charge in [0.2, 0.25) is 0 Å². The third kappa shape index (κ3) is 5.19. The second kappa shape index (κ2) is 8.66. The minimum Gasteiger partial charge on any atom is -0.385 e. The molecule has 1 aromatic rings. The molecular weight excluding hydrogens is 307 g/mol. The molecule has 1 fully saturated rings. The van der Waals surface area contributed by atoms with Crippen LogP contribution in [0, 0.1) is 5.92 Å². The third-order valence-electron chi connectivity index (χ3n) is 4.13. The lowest BCUT2D eigenvalue weighted by atomic mass is 9.87. The Labute approximate surface area is 135 Å². The number of piperidine rings is 1. The van der Waals surface area contributed by atoms with Crippen molar-refractivity contribution < 1.29 is 22.6 Å². The summed E-state index contributed by atoms with van der Waals surface area (Å²) in [5.41, 5.74) is -0.353. The molecule has 1 aliphatic rings. The van der Waals surface area contributed by atoms with Crippen LogP contribution in [0.3, 0.4) is 0 Å². The molecule has 0 bridgehead atoms. The molecule has 3 nitrogen and oxygen atoms in total. The number of ether oxygens (including phenoxy) is 2. The molecule has 2 rings (SSSR count). The first-order valence-electron chi connectivity index (χ1n) is 8.01. The molecule has 6 heteroatoms. The first-order chi connectivity index (χ1) is 11.0. The number of hydrogen-bond acceptors (Lipinski definition) is 3. The molecule has 1 aromatic carbocycles. The van der Waals surface area contributed by atoms with Crippen LogP contribution >= 0.6 is 0 Å². The Hall–Kier alpha value is -1.11. The maximum Gasteiger partial charge on any atom is 0.416 e. The average Bonchev–Trinajstić information content (AvgIpc) is 2.55. The van der Waals surface area contributed by atoms with Gasteiger partial charge in [-0.2, -0.15) is 13.2 Å². The van der Waals surface area contributed by atoms with E-state index in [-0.39, 0.29) is 11.5 Å². The van der Waals surface area contributed by atoms with Crippen molar-refractivity contribution in [3.8, 4) is 0 Å². The average molecular weight is 331 g/mol. The van der Waals surface area contributed by atoms with Gasteiger partial charge in [0.15, 0.2) is 0 Å². The molecule has 0 spiro atoms. The van der Waals surface area contributed by atoms with Gasteiger partial charge >= 0.3 is 6.18 Å². The van der Waals surface area contributed by atoms with E-state index in [4.69, 9.17) is 9.47 Å². The van der Waals surface area contributed by atoms with E-state index >= 15 is 0 Å². The lowest BCUT2D eigenvalue weighted by Crippen LogP contribution is -2.35. The molecule has 0 aromatic heterocycles. The molecule has 0 saturated carbocycles. The van der Waals surface area contributed by atoms with Crippen molar-refractivity contribution >= 4 is 0 Å². The maximum atomic E-state index is 13.3. The quantitative estimate of drug-likeness (QED) is 0.771. The molecule has 1 saturated heterocycles. The number of nitrogens with one attached hydrogen (secondary N) is 1. The Morgan fingerprint density at radius 2 is 2.04 bits per heavy atom. The van der Waals surface area contributed by atoms with Crippen LogP contribution in [-0.2, 0) is 15.7 Å². The van der Waals surface area contributed by atoms with Crippen LogP contribution in [0.1, 0.15) is 36.5 Å². The summed E-state index contributed by atoms with van der Waals surface area (Å²) in [6, 6.07) is 5.75. The van der Waals surface area contributed by atoms with Gasteiger partial charge in [0.25, 0.3) is 0 Å². The van der Waals surface area contributed by atoms with Crippen molar-refractivity contribution in [2.24, 2.45) is 5.92 Å². The van der Waals surface area contributed by atoms with E-state index in [2.05, 4.69) is 5.32 Å². The first-order valence-corrected chi connectivity index (χ1v) is 8.01. The highest BCUT2D eigenvalue weighted by Gasteiger charge is 2.37. The summed E-state index contributed by atoms with van der Waals surface area (Å²) in [5, 5.41) is 3.26. The zero-order chi connectivity index (χ0) is 16.7. The van der Waals surface area contributed by atoms with Crippen molar-refractivity contribution in [2.75, 3.05) is 33.4 Å². The van der Waals surface area contributed by atoms with Gasteiger partial charge < -0.3 is 14.8 Å². The molecule has 0 radical (unpaired) electrons. The summed E-state index contributed by atoms with van der Waals surface area (Å²) >= 11 is 0. The van der Waals surface area contributed by atoms with E-state index in [0.717, 1.165) is 25.5 Å². The summed E-state index contributed by atoms with van der Waals surface area (Å²) in [7, 11) is 1.60. The van der Waals surface area contributed by atoms with Crippen molar-refractivity contribution in [1.82, 2.24) is 5.32 Å². The van der Waals surface area contributed by atoms with Crippen LogP contribution in [-0.4, -0.2) is 33.4 Å². The second-order valence-electron chi connectivity index (χ2n) is 5.83. The summed E-state index contributed by atoms with van der Waals surface area (Å²) in [5.74, 6) is 0.0507. The fraction of sp³-hybridized carbons (Fsp3) is 0.647. The van der Waals surface area contributed by atoms with E-state index < -0.39 is 17.8 Å². The largest absolute Gasteiger partial charge is 0.416 e. The zero-order valence-electron chi connectivity index (χ0n) is 13.4. The Bertz CT molecular complexity index is 473. The van der Waals surface area contributed by atoms with Crippen molar-refractivity contribution in [2.45, 2.75) is 31.5 Å². The van der Waals surface area contributed by atoms with E-state index in [1.165, 1.54) is 6.07 Å². The van der Waals surface area contributed by atoms with Gasteiger partial charge in [0, 0.05) is 32.8 Å². The van der Waals surface area contributed by atoms with E-state index in [1.54, 1.807) is 19.2 Å². The molecule has 130 valence electrons. The van der Waals surface area contributed by atoms with Crippen molar-refractivity contribution in [3.05, 3.63) is 35.4 Å². The lowest BCUT2D eigenvalue weighted by Gasteiger charge is -2.32. The molecule has 0 amide bonds. The molecule has 0 aliphatic carbocycles. The summed E-state index contributed by atoms with van der Waals surface area (Å²) in [6.45, 7) is 2.52. The Balaban J connectivity index is 2.22. The van der Waals surface area contributed by atoms with Crippen LogP contribution in [0.15, 0.2) is 24.3 Å². The summed E-state index contributed by atoms with van der Waals surface area (Å²) in [6.07, 6.45) is -2.42. The highest BCUT2D eigenvalue weighted by Crippen LogP contribution is 2.39. The van der Waals surface area contributed by atoms with Gasteiger partial charge in [-0.25, -0.2) is 0 Å². The second-order valence-corrected chi connectivity index (χ2v) is 5.83. The highest BCUT2D eigenvalue weighted by molar-refractivity contribution is 5.32. The van der Waals surface area contributed by atoms with Gasteiger partial charge in [-0.3, -0.25) is 0 Å². The number of rotatable bonds is 7. The summed E-state index contributed by atoms with van der Waals surface area (Å²) in [4.78, 5) is 0. The van der Waals surface area contributed by atoms with E-state index in [0.29, 0.717) is 26.2 Å². The van der Waals surface area contributed by atoms with E-state index in [9.17, 15) is 13.2 Å². The minimum absolute atomic E-state index is 0.0507. The molecule has 1 aliphatic heterocycles. The van der Waals surface area contributed by atoms with Crippen LogP contribution < -0.4 is 5.32 Å². The fourth-order valence-corrected chi connectivity index (χ4v) is 3.03. The first kappa shape index (κ1) is 18.2. The third-order valence-corrected chi connectivity index (χ3v) is 4.13. The van der Waals surface area contributed by atoms with Gasteiger partial charge in [0.05, 0.1) is 11.7 Å². The molecular formula is C17H24F3NO2. The minimum atomic E-state index is -4.37. The van der Waals surface area contributed by atoms with Crippen molar-refractivity contribution in [3.63, 3.8) is 0 Å². The monoisotopic (exact) mass is 331 g/mol. The Morgan fingerprint density at radius 1 is 1.26 bits per heavy atom. The van der Waals surface area contributed by atoms with Crippen molar-refractivity contribution in [1.29, 1.82) is 0 Å². The Morgan fingerprint density at radius 3 is 2.70 bits per heavy atom. The predicted molar refractivity (Wildman–Crippen MR) is 82.2 cm³/mol. The molecule has 1 heterocycles. The normalized spacial score (nSPS) is 20.4. The zero-order valence-corrected chi connectivity index (χ0v) is 13.4. The lowest BCUT2D eigenvalue weighted by molar-refractivity contribution is -0.140. The van der Waals surface area contributed by atoms with Gasteiger partial charge in [-0.1, -0.05) is 18.2 Å².